The Hall–Kier alpha value is -1.78. The van der Waals surface area contributed by atoms with Crippen LogP contribution >= 0.6 is 0 Å². The van der Waals surface area contributed by atoms with E-state index in [0.717, 1.165) is 12.4 Å². The summed E-state index contributed by atoms with van der Waals surface area (Å²) >= 11 is 0. The van der Waals surface area contributed by atoms with Crippen LogP contribution in [0.4, 0.5) is 10.6 Å². The van der Waals surface area contributed by atoms with Gasteiger partial charge in [-0.15, -0.1) is 0 Å². The van der Waals surface area contributed by atoms with Gasteiger partial charge in [0.05, 0.1) is 0 Å². The highest BCUT2D eigenvalue weighted by Gasteiger charge is 2.34. The molecule has 0 N–H and O–H groups in total. The predicted molar refractivity (Wildman–Crippen MR) is 83.4 cm³/mol. The van der Waals surface area contributed by atoms with E-state index in [2.05, 4.69) is 16.8 Å². The van der Waals surface area contributed by atoms with Gasteiger partial charge in [0, 0.05) is 31.4 Å². The van der Waals surface area contributed by atoms with Gasteiger partial charge in [-0.25, -0.2) is 9.78 Å². The maximum absolute atomic E-state index is 12.3. The van der Waals surface area contributed by atoms with Crippen molar-refractivity contribution in [2.45, 2.75) is 52.3 Å². The molecule has 0 spiro atoms. The van der Waals surface area contributed by atoms with Crippen LogP contribution in [0, 0.1) is 0 Å². The first-order valence-corrected chi connectivity index (χ1v) is 7.45. The van der Waals surface area contributed by atoms with Gasteiger partial charge in [-0.2, -0.15) is 0 Å². The molecule has 0 unspecified atom stereocenters. The monoisotopic (exact) mass is 291 g/mol. The van der Waals surface area contributed by atoms with Crippen molar-refractivity contribution in [3.8, 4) is 0 Å². The minimum absolute atomic E-state index is 0.0954. The van der Waals surface area contributed by atoms with E-state index in [1.165, 1.54) is 0 Å². The maximum atomic E-state index is 12.3. The summed E-state index contributed by atoms with van der Waals surface area (Å²) < 4.78 is 5.49. The summed E-state index contributed by atoms with van der Waals surface area (Å²) in [6, 6.07) is 6.21. The highest BCUT2D eigenvalue weighted by molar-refractivity contribution is 5.69. The van der Waals surface area contributed by atoms with Gasteiger partial charge in [-0.3, -0.25) is 0 Å². The third kappa shape index (κ3) is 3.86. The number of amides is 1. The van der Waals surface area contributed by atoms with Crippen molar-refractivity contribution in [3.63, 3.8) is 0 Å². The molecule has 1 amide bonds. The molecule has 21 heavy (non-hydrogen) atoms. The van der Waals surface area contributed by atoms with Gasteiger partial charge in [0.1, 0.15) is 11.4 Å². The average molecular weight is 291 g/mol. The second-order valence-corrected chi connectivity index (χ2v) is 6.67. The number of aromatic nitrogens is 1. The molecule has 2 rings (SSSR count). The van der Waals surface area contributed by atoms with Crippen LogP contribution in [0.3, 0.4) is 0 Å². The molecule has 2 atom stereocenters. The van der Waals surface area contributed by atoms with Crippen molar-refractivity contribution in [2.24, 2.45) is 0 Å². The third-order valence-electron chi connectivity index (χ3n) is 3.56. The Morgan fingerprint density at radius 1 is 1.24 bits per heavy atom. The minimum atomic E-state index is -0.460. The first-order valence-electron chi connectivity index (χ1n) is 7.45. The smallest absolute Gasteiger partial charge is 0.410 e. The summed E-state index contributed by atoms with van der Waals surface area (Å²) in [4.78, 5) is 20.7. The Bertz CT molecular complexity index is 484. The van der Waals surface area contributed by atoms with Crippen LogP contribution in [-0.2, 0) is 4.74 Å². The summed E-state index contributed by atoms with van der Waals surface area (Å²) in [6.07, 6.45) is 1.56. The zero-order valence-electron chi connectivity index (χ0n) is 13.5. The quantitative estimate of drug-likeness (QED) is 0.798. The summed E-state index contributed by atoms with van der Waals surface area (Å²) in [5.41, 5.74) is -0.460. The van der Waals surface area contributed by atoms with Gasteiger partial charge in [0.25, 0.3) is 0 Å². The molecule has 5 heteroatoms. The number of rotatable bonds is 1. The average Bonchev–Trinajstić information content (AvgIpc) is 2.40. The summed E-state index contributed by atoms with van der Waals surface area (Å²) in [7, 11) is 0. The fraction of sp³-hybridized carbons (Fsp3) is 0.625. The Labute approximate surface area is 126 Å². The van der Waals surface area contributed by atoms with E-state index < -0.39 is 5.60 Å². The van der Waals surface area contributed by atoms with E-state index in [-0.39, 0.29) is 18.2 Å². The molecule has 2 heterocycles. The molecule has 0 saturated carbocycles. The molecule has 1 aromatic rings. The zero-order chi connectivity index (χ0) is 15.6. The summed E-state index contributed by atoms with van der Waals surface area (Å²) in [5.74, 6) is 0.959. The molecule has 1 fully saturated rings. The van der Waals surface area contributed by atoms with Gasteiger partial charge in [-0.1, -0.05) is 6.07 Å². The second-order valence-electron chi connectivity index (χ2n) is 6.67. The Balaban J connectivity index is 2.07. The van der Waals surface area contributed by atoms with Crippen LogP contribution in [0.2, 0.25) is 0 Å². The van der Waals surface area contributed by atoms with Crippen molar-refractivity contribution in [2.75, 3.05) is 18.0 Å². The van der Waals surface area contributed by atoms with Crippen LogP contribution in [0.15, 0.2) is 24.4 Å². The topological polar surface area (TPSA) is 45.7 Å². The molecular formula is C16H25N3O2. The molecule has 116 valence electrons. The predicted octanol–water partition coefficient (Wildman–Crippen LogP) is 2.92. The number of nitrogens with zero attached hydrogens (tertiary/aromatic N) is 3. The van der Waals surface area contributed by atoms with Crippen molar-refractivity contribution in [1.29, 1.82) is 0 Å². The van der Waals surface area contributed by atoms with E-state index in [9.17, 15) is 4.79 Å². The van der Waals surface area contributed by atoms with Gasteiger partial charge >= 0.3 is 6.09 Å². The summed E-state index contributed by atoms with van der Waals surface area (Å²) in [6.45, 7) is 11.2. The first-order chi connectivity index (χ1) is 9.78. The first kappa shape index (κ1) is 15.6. The van der Waals surface area contributed by atoms with Crippen molar-refractivity contribution < 1.29 is 9.53 Å². The normalized spacial score (nSPS) is 23.1. The molecular weight excluding hydrogens is 266 g/mol. The van der Waals surface area contributed by atoms with Gasteiger partial charge in [-0.05, 0) is 46.8 Å². The van der Waals surface area contributed by atoms with Crippen molar-refractivity contribution >= 4 is 11.9 Å². The maximum Gasteiger partial charge on any atom is 0.410 e. The summed E-state index contributed by atoms with van der Waals surface area (Å²) in [5, 5.41) is 0. The fourth-order valence-electron chi connectivity index (χ4n) is 2.54. The molecule has 5 nitrogen and oxygen atoms in total. The molecule has 1 saturated heterocycles. The number of carbonyl (C=O) groups is 1. The number of anilines is 1. The minimum Gasteiger partial charge on any atom is -0.444 e. The number of piperazine rings is 1. The van der Waals surface area contributed by atoms with Crippen LogP contribution < -0.4 is 4.90 Å². The number of hydrogen-bond acceptors (Lipinski definition) is 4. The highest BCUT2D eigenvalue weighted by atomic mass is 16.6. The Morgan fingerprint density at radius 2 is 1.95 bits per heavy atom. The molecule has 0 aromatic carbocycles. The van der Waals surface area contributed by atoms with Crippen molar-refractivity contribution in [1.82, 2.24) is 9.88 Å². The number of ether oxygens (including phenoxy) is 1. The fourth-order valence-corrected chi connectivity index (χ4v) is 2.54. The van der Waals surface area contributed by atoms with E-state index in [1.54, 1.807) is 6.20 Å². The third-order valence-corrected chi connectivity index (χ3v) is 3.56. The van der Waals surface area contributed by atoms with E-state index in [0.29, 0.717) is 6.54 Å². The zero-order valence-corrected chi connectivity index (χ0v) is 13.5. The van der Waals surface area contributed by atoms with Gasteiger partial charge < -0.3 is 14.5 Å². The van der Waals surface area contributed by atoms with E-state index in [4.69, 9.17) is 4.74 Å². The lowest BCUT2D eigenvalue weighted by atomic mass is 10.1. The Morgan fingerprint density at radius 3 is 2.52 bits per heavy atom. The molecule has 1 aliphatic rings. The van der Waals surface area contributed by atoms with Crippen LogP contribution in [0.5, 0.6) is 0 Å². The lowest BCUT2D eigenvalue weighted by Gasteiger charge is -2.44. The van der Waals surface area contributed by atoms with Gasteiger partial charge in [0.2, 0.25) is 0 Å². The highest BCUT2D eigenvalue weighted by Crippen LogP contribution is 2.22. The molecule has 0 bridgehead atoms. The largest absolute Gasteiger partial charge is 0.444 e. The second kappa shape index (κ2) is 5.92. The number of hydrogen-bond donors (Lipinski definition) is 0. The van der Waals surface area contributed by atoms with Crippen molar-refractivity contribution in [3.05, 3.63) is 24.4 Å². The lowest BCUT2D eigenvalue weighted by Crippen LogP contribution is -2.59. The van der Waals surface area contributed by atoms with Crippen LogP contribution in [0.1, 0.15) is 34.6 Å². The molecule has 1 aromatic heterocycles. The van der Waals surface area contributed by atoms with Crippen LogP contribution in [0.25, 0.3) is 0 Å². The number of carbonyl (C=O) groups excluding carboxylic acids is 1. The Kier molecular flexibility index (Phi) is 4.40. The lowest BCUT2D eigenvalue weighted by molar-refractivity contribution is 0.0130. The van der Waals surface area contributed by atoms with E-state index in [1.807, 2.05) is 50.8 Å². The molecule has 0 aliphatic carbocycles. The standard InChI is InChI=1S/C16H25N3O2/c1-12-11-19(15(20)21-16(3,4)5)13(2)10-18(12)14-8-6-7-9-17-14/h6-9,12-13H,10-11H2,1-5H3/t12-,13+/m1/s1. The molecule has 0 radical (unpaired) electrons. The number of pyridine rings is 1. The molecule has 1 aliphatic heterocycles. The van der Waals surface area contributed by atoms with Crippen LogP contribution in [-0.4, -0.2) is 46.8 Å². The SMILES string of the molecule is C[C@@H]1CN(C(=O)OC(C)(C)C)[C@@H](C)CN1c1ccccn1. The van der Waals surface area contributed by atoms with E-state index >= 15 is 0 Å². The van der Waals surface area contributed by atoms with Gasteiger partial charge in [0.15, 0.2) is 0 Å².